The van der Waals surface area contributed by atoms with Crippen LogP contribution in [0.15, 0.2) is 36.5 Å². The lowest BCUT2D eigenvalue weighted by molar-refractivity contribution is -0.141. The lowest BCUT2D eigenvalue weighted by atomic mass is 10.0. The zero-order valence-corrected chi connectivity index (χ0v) is 14.7. The number of rotatable bonds is 4. The zero-order chi connectivity index (χ0) is 18.0. The molecule has 26 heavy (non-hydrogen) atoms. The van der Waals surface area contributed by atoms with Crippen LogP contribution in [0.5, 0.6) is 0 Å². The normalized spacial score (nSPS) is 19.8. The Balaban J connectivity index is 0.00000243. The molecule has 2 unspecified atom stereocenters. The van der Waals surface area contributed by atoms with E-state index in [0.717, 1.165) is 30.0 Å². The number of hydrogen-bond donors (Lipinski definition) is 2. The Hall–Kier alpha value is -2.06. The van der Waals surface area contributed by atoms with Crippen LogP contribution < -0.4 is 11.1 Å². The molecule has 1 amide bonds. The first-order valence-electron chi connectivity index (χ1n) is 8.12. The lowest BCUT2D eigenvalue weighted by Crippen LogP contribution is -2.39. The predicted molar refractivity (Wildman–Crippen MR) is 93.5 cm³/mol. The summed E-state index contributed by atoms with van der Waals surface area (Å²) in [5, 5.41) is 6.50. The van der Waals surface area contributed by atoms with E-state index >= 15 is 0 Å². The summed E-state index contributed by atoms with van der Waals surface area (Å²) in [6, 6.07) is 7.31. The molecule has 1 fully saturated rings. The van der Waals surface area contributed by atoms with E-state index in [1.165, 1.54) is 12.3 Å². The fraction of sp³-hybridized carbons (Fsp3) is 0.412. The molecular weight excluding hydrogens is 369 g/mol. The van der Waals surface area contributed by atoms with E-state index in [0.29, 0.717) is 17.8 Å². The number of nitrogens with zero attached hydrogens (tertiary/aromatic N) is 2. The molecule has 1 saturated carbocycles. The molecule has 1 heterocycles. The maximum atomic E-state index is 12.7. The number of carbonyl (C=O) groups is 1. The molecule has 142 valence electrons. The molecule has 3 N–H and O–H groups in total. The average molecular weight is 389 g/mol. The number of alkyl halides is 3. The summed E-state index contributed by atoms with van der Waals surface area (Å²) in [7, 11) is 0. The smallest absolute Gasteiger partial charge is 0.349 e. The zero-order valence-electron chi connectivity index (χ0n) is 13.9. The highest BCUT2D eigenvalue weighted by Gasteiger charge is 2.33. The van der Waals surface area contributed by atoms with Gasteiger partial charge in [0.2, 0.25) is 0 Å². The van der Waals surface area contributed by atoms with E-state index < -0.39 is 11.9 Å². The minimum atomic E-state index is -4.50. The number of nitrogens with two attached hydrogens (primary N) is 1. The van der Waals surface area contributed by atoms with Crippen molar-refractivity contribution < 1.29 is 18.0 Å². The summed E-state index contributed by atoms with van der Waals surface area (Å²) in [5.41, 5.74) is 5.52. The van der Waals surface area contributed by atoms with Crippen molar-refractivity contribution in [3.63, 3.8) is 0 Å². The largest absolute Gasteiger partial charge is 0.435 e. The van der Waals surface area contributed by atoms with Crippen LogP contribution in [0.25, 0.3) is 5.69 Å². The van der Waals surface area contributed by atoms with Crippen molar-refractivity contribution in [3.05, 3.63) is 47.8 Å². The second-order valence-electron chi connectivity index (χ2n) is 6.20. The number of nitrogens with one attached hydrogen (secondary N) is 1. The SMILES string of the molecule is Cl.NCC1CCCC1NC(=O)c1cccc(-n2ccc(C(F)(F)F)n2)c1. The number of carbonyl (C=O) groups excluding carboxylic acids is 1. The van der Waals surface area contributed by atoms with E-state index in [1.54, 1.807) is 18.2 Å². The Labute approximate surface area is 155 Å². The van der Waals surface area contributed by atoms with Gasteiger partial charge in [0.15, 0.2) is 5.69 Å². The maximum absolute atomic E-state index is 12.7. The molecule has 0 saturated heterocycles. The number of aromatic nitrogens is 2. The third kappa shape index (κ3) is 4.37. The number of hydrogen-bond acceptors (Lipinski definition) is 3. The van der Waals surface area contributed by atoms with E-state index in [-0.39, 0.29) is 30.3 Å². The van der Waals surface area contributed by atoms with Crippen LogP contribution in [-0.2, 0) is 6.18 Å². The molecule has 0 bridgehead atoms. The summed E-state index contributed by atoms with van der Waals surface area (Å²) >= 11 is 0. The highest BCUT2D eigenvalue weighted by atomic mass is 35.5. The highest BCUT2D eigenvalue weighted by molar-refractivity contribution is 5.95. The van der Waals surface area contributed by atoms with Gasteiger partial charge in [0, 0.05) is 17.8 Å². The van der Waals surface area contributed by atoms with Crippen molar-refractivity contribution in [3.8, 4) is 5.69 Å². The third-order valence-corrected chi connectivity index (χ3v) is 4.53. The predicted octanol–water partition coefficient (Wildman–Crippen LogP) is 3.17. The molecule has 1 aromatic heterocycles. The molecular formula is C17H20ClF3N4O. The van der Waals surface area contributed by atoms with Crippen LogP contribution in [0.3, 0.4) is 0 Å². The number of amides is 1. The maximum Gasteiger partial charge on any atom is 0.435 e. The van der Waals surface area contributed by atoms with Crippen molar-refractivity contribution in [2.24, 2.45) is 11.7 Å². The van der Waals surface area contributed by atoms with Crippen molar-refractivity contribution >= 4 is 18.3 Å². The van der Waals surface area contributed by atoms with Gasteiger partial charge in [-0.15, -0.1) is 12.4 Å². The summed E-state index contributed by atoms with van der Waals surface area (Å²) in [4.78, 5) is 12.4. The van der Waals surface area contributed by atoms with Gasteiger partial charge in [0.1, 0.15) is 0 Å². The van der Waals surface area contributed by atoms with Gasteiger partial charge in [-0.1, -0.05) is 12.5 Å². The quantitative estimate of drug-likeness (QED) is 0.845. The van der Waals surface area contributed by atoms with E-state index in [9.17, 15) is 18.0 Å². The minimum Gasteiger partial charge on any atom is -0.349 e. The van der Waals surface area contributed by atoms with E-state index in [2.05, 4.69) is 10.4 Å². The lowest BCUT2D eigenvalue weighted by Gasteiger charge is -2.19. The Bertz CT molecular complexity index is 762. The number of benzene rings is 1. The van der Waals surface area contributed by atoms with Crippen LogP contribution in [0.1, 0.15) is 35.3 Å². The van der Waals surface area contributed by atoms with Crippen LogP contribution in [-0.4, -0.2) is 28.3 Å². The van der Waals surface area contributed by atoms with Crippen LogP contribution >= 0.6 is 12.4 Å². The Morgan fingerprint density at radius 1 is 1.31 bits per heavy atom. The molecule has 1 aliphatic rings. The van der Waals surface area contributed by atoms with Gasteiger partial charge >= 0.3 is 6.18 Å². The molecule has 0 spiro atoms. The summed E-state index contributed by atoms with van der Waals surface area (Å²) in [6.45, 7) is 0.526. The van der Waals surface area contributed by atoms with Crippen molar-refractivity contribution in [1.82, 2.24) is 15.1 Å². The van der Waals surface area contributed by atoms with Gasteiger partial charge in [-0.3, -0.25) is 4.79 Å². The van der Waals surface area contributed by atoms with Gasteiger partial charge in [-0.2, -0.15) is 18.3 Å². The van der Waals surface area contributed by atoms with Gasteiger partial charge in [-0.05, 0) is 49.6 Å². The topological polar surface area (TPSA) is 72.9 Å². The molecule has 2 aromatic rings. The fourth-order valence-corrected chi connectivity index (χ4v) is 3.17. The molecule has 0 aliphatic heterocycles. The van der Waals surface area contributed by atoms with Gasteiger partial charge in [0.05, 0.1) is 5.69 Å². The molecule has 1 aromatic carbocycles. The third-order valence-electron chi connectivity index (χ3n) is 4.53. The van der Waals surface area contributed by atoms with E-state index in [4.69, 9.17) is 5.73 Å². The highest BCUT2D eigenvalue weighted by Crippen LogP contribution is 2.28. The van der Waals surface area contributed by atoms with E-state index in [1.807, 2.05) is 0 Å². The summed E-state index contributed by atoms with van der Waals surface area (Å²) in [6.07, 6.45) is -0.363. The molecule has 5 nitrogen and oxygen atoms in total. The first kappa shape index (κ1) is 20.3. The summed E-state index contributed by atoms with van der Waals surface area (Å²) < 4.78 is 39.1. The molecule has 3 rings (SSSR count). The Kier molecular flexibility index (Phi) is 6.30. The van der Waals surface area contributed by atoms with Crippen molar-refractivity contribution in [2.45, 2.75) is 31.5 Å². The van der Waals surface area contributed by atoms with Crippen molar-refractivity contribution in [1.29, 1.82) is 0 Å². The first-order chi connectivity index (χ1) is 11.9. The second kappa shape index (κ2) is 8.09. The standard InChI is InChI=1S/C17H19F3N4O.ClH/c18-17(19,20)15-7-8-24(23-15)13-5-1-3-11(9-13)16(25)22-14-6-2-4-12(14)10-21;/h1,3,5,7-9,12,14H,2,4,6,10,21H2,(H,22,25);1H. The summed E-state index contributed by atoms with van der Waals surface area (Å²) in [5.74, 6) is 0.0167. The van der Waals surface area contributed by atoms with Crippen LogP contribution in [0, 0.1) is 5.92 Å². The Morgan fingerprint density at radius 3 is 2.73 bits per heavy atom. The molecule has 1 aliphatic carbocycles. The van der Waals surface area contributed by atoms with Gasteiger partial charge in [-0.25, -0.2) is 4.68 Å². The van der Waals surface area contributed by atoms with Crippen LogP contribution in [0.2, 0.25) is 0 Å². The van der Waals surface area contributed by atoms with Gasteiger partial charge < -0.3 is 11.1 Å². The van der Waals surface area contributed by atoms with Crippen LogP contribution in [0.4, 0.5) is 13.2 Å². The second-order valence-corrected chi connectivity index (χ2v) is 6.20. The average Bonchev–Trinajstić information content (AvgIpc) is 3.23. The minimum absolute atomic E-state index is 0. The first-order valence-corrected chi connectivity index (χ1v) is 8.12. The van der Waals surface area contributed by atoms with Gasteiger partial charge in [0.25, 0.3) is 5.91 Å². The fourth-order valence-electron chi connectivity index (χ4n) is 3.17. The monoisotopic (exact) mass is 388 g/mol. The Morgan fingerprint density at radius 2 is 2.08 bits per heavy atom. The number of halogens is 4. The molecule has 9 heteroatoms. The molecule has 2 atom stereocenters. The van der Waals surface area contributed by atoms with Crippen molar-refractivity contribution in [2.75, 3.05) is 6.54 Å². The molecule has 0 radical (unpaired) electrons.